The average molecular weight is 440 g/mol. The third-order valence-corrected chi connectivity index (χ3v) is 5.96. The summed E-state index contributed by atoms with van der Waals surface area (Å²) in [4.78, 5) is 30.7. The Morgan fingerprint density at radius 2 is 1.67 bits per heavy atom. The standard InChI is InChI=1S/C28H29N3O2/c1-19-8-7-9-22(14-19)12-13-31(28(33)29-25-10-5-4-6-11-25)18-24-17-23-15-20(2)21(3)16-26(23)30-27(24)32/h4-11,14-17H,12-13,18H2,1-3H3,(H,29,33)(H,30,32). The van der Waals surface area contributed by atoms with Gasteiger partial charge in [0, 0.05) is 23.3 Å². The molecule has 0 radical (unpaired) electrons. The summed E-state index contributed by atoms with van der Waals surface area (Å²) >= 11 is 0. The number of nitrogens with zero attached hydrogens (tertiary/aromatic N) is 1. The normalized spacial score (nSPS) is 10.9. The maximum Gasteiger partial charge on any atom is 0.322 e. The number of amides is 2. The molecule has 2 N–H and O–H groups in total. The molecule has 0 fully saturated rings. The highest BCUT2D eigenvalue weighted by molar-refractivity contribution is 5.89. The van der Waals surface area contributed by atoms with E-state index in [4.69, 9.17) is 0 Å². The first-order valence-corrected chi connectivity index (χ1v) is 11.2. The Hall–Kier alpha value is -3.86. The van der Waals surface area contributed by atoms with Crippen molar-refractivity contribution in [3.05, 3.63) is 111 Å². The number of benzene rings is 3. The molecule has 0 aliphatic rings. The van der Waals surface area contributed by atoms with E-state index in [2.05, 4.69) is 48.4 Å². The molecule has 168 valence electrons. The SMILES string of the molecule is Cc1cccc(CCN(Cc2cc3cc(C)c(C)cc3[nH]c2=O)C(=O)Nc2ccccc2)c1. The van der Waals surface area contributed by atoms with E-state index >= 15 is 0 Å². The third kappa shape index (κ3) is 5.50. The lowest BCUT2D eigenvalue weighted by atomic mass is 10.0. The highest BCUT2D eigenvalue weighted by Crippen LogP contribution is 2.18. The summed E-state index contributed by atoms with van der Waals surface area (Å²) in [6.45, 7) is 6.86. The molecule has 1 heterocycles. The van der Waals surface area contributed by atoms with Crippen molar-refractivity contribution in [1.29, 1.82) is 0 Å². The Morgan fingerprint density at radius 3 is 2.42 bits per heavy atom. The first-order chi connectivity index (χ1) is 15.9. The number of rotatable bonds is 6. The molecular weight excluding hydrogens is 410 g/mol. The minimum Gasteiger partial charge on any atom is -0.322 e. The maximum absolute atomic E-state index is 13.2. The van der Waals surface area contributed by atoms with Gasteiger partial charge in [0.05, 0.1) is 6.54 Å². The predicted molar refractivity (Wildman–Crippen MR) is 135 cm³/mol. The summed E-state index contributed by atoms with van der Waals surface area (Å²) in [5.41, 5.74) is 6.58. The highest BCUT2D eigenvalue weighted by Gasteiger charge is 2.17. The van der Waals surface area contributed by atoms with E-state index in [1.54, 1.807) is 4.90 Å². The van der Waals surface area contributed by atoms with Crippen LogP contribution in [0.1, 0.15) is 27.8 Å². The Kier molecular flexibility index (Phi) is 6.59. The number of aromatic amines is 1. The molecule has 2 amide bonds. The zero-order chi connectivity index (χ0) is 23.4. The molecular formula is C28H29N3O2. The minimum atomic E-state index is -0.228. The molecule has 0 spiro atoms. The van der Waals surface area contributed by atoms with Crippen LogP contribution in [0.3, 0.4) is 0 Å². The molecule has 0 bridgehead atoms. The van der Waals surface area contributed by atoms with Crippen molar-refractivity contribution >= 4 is 22.6 Å². The summed E-state index contributed by atoms with van der Waals surface area (Å²) in [6, 6.07) is 23.4. The van der Waals surface area contributed by atoms with Gasteiger partial charge in [-0.25, -0.2) is 4.79 Å². The number of nitrogens with one attached hydrogen (secondary N) is 2. The summed E-state index contributed by atoms with van der Waals surface area (Å²) in [6.07, 6.45) is 0.702. The second-order valence-corrected chi connectivity index (χ2v) is 8.60. The number of aromatic nitrogens is 1. The van der Waals surface area contributed by atoms with Gasteiger partial charge in [0.1, 0.15) is 0 Å². The summed E-state index contributed by atoms with van der Waals surface area (Å²) in [5.74, 6) is 0. The van der Waals surface area contributed by atoms with Gasteiger partial charge in [0.15, 0.2) is 0 Å². The van der Waals surface area contributed by atoms with E-state index < -0.39 is 0 Å². The van der Waals surface area contributed by atoms with Crippen molar-refractivity contribution in [2.24, 2.45) is 0 Å². The Morgan fingerprint density at radius 1 is 0.909 bits per heavy atom. The lowest BCUT2D eigenvalue weighted by Gasteiger charge is -2.23. The van der Waals surface area contributed by atoms with Crippen LogP contribution in [0.15, 0.2) is 77.6 Å². The number of carbonyl (C=O) groups excluding carboxylic acids is 1. The van der Waals surface area contributed by atoms with Gasteiger partial charge in [-0.2, -0.15) is 0 Å². The number of anilines is 1. The van der Waals surface area contributed by atoms with Crippen LogP contribution in [0.25, 0.3) is 10.9 Å². The Balaban J connectivity index is 1.61. The van der Waals surface area contributed by atoms with Crippen molar-refractivity contribution in [2.75, 3.05) is 11.9 Å². The van der Waals surface area contributed by atoms with Crippen LogP contribution < -0.4 is 10.9 Å². The molecule has 1 aromatic heterocycles. The topological polar surface area (TPSA) is 65.2 Å². The van der Waals surface area contributed by atoms with Gasteiger partial charge in [0.25, 0.3) is 5.56 Å². The number of hydrogen-bond acceptors (Lipinski definition) is 2. The van der Waals surface area contributed by atoms with Gasteiger partial charge in [-0.15, -0.1) is 0 Å². The number of fused-ring (bicyclic) bond motifs is 1. The van der Waals surface area contributed by atoms with Gasteiger partial charge in [-0.1, -0.05) is 48.0 Å². The number of pyridine rings is 1. The molecule has 5 nitrogen and oxygen atoms in total. The monoisotopic (exact) mass is 439 g/mol. The molecule has 0 saturated heterocycles. The average Bonchev–Trinajstić information content (AvgIpc) is 2.79. The van der Waals surface area contributed by atoms with E-state index in [-0.39, 0.29) is 18.1 Å². The van der Waals surface area contributed by atoms with Gasteiger partial charge in [0.2, 0.25) is 0 Å². The van der Waals surface area contributed by atoms with E-state index in [1.807, 2.05) is 55.5 Å². The zero-order valence-corrected chi connectivity index (χ0v) is 19.3. The van der Waals surface area contributed by atoms with Crippen LogP contribution in [0, 0.1) is 20.8 Å². The van der Waals surface area contributed by atoms with Crippen LogP contribution in [-0.2, 0) is 13.0 Å². The molecule has 0 aliphatic carbocycles. The van der Waals surface area contributed by atoms with Crippen molar-refractivity contribution < 1.29 is 4.79 Å². The van der Waals surface area contributed by atoms with Crippen molar-refractivity contribution in [2.45, 2.75) is 33.7 Å². The number of para-hydroxylation sites is 1. The van der Waals surface area contributed by atoms with Crippen molar-refractivity contribution in [1.82, 2.24) is 9.88 Å². The van der Waals surface area contributed by atoms with Crippen LogP contribution in [0.5, 0.6) is 0 Å². The smallest absolute Gasteiger partial charge is 0.322 e. The fourth-order valence-electron chi connectivity index (χ4n) is 3.95. The van der Waals surface area contributed by atoms with E-state index in [0.717, 1.165) is 27.7 Å². The second-order valence-electron chi connectivity index (χ2n) is 8.60. The predicted octanol–water partition coefficient (Wildman–Crippen LogP) is 5.73. The molecule has 4 aromatic rings. The van der Waals surface area contributed by atoms with Gasteiger partial charge >= 0.3 is 6.03 Å². The molecule has 5 heteroatoms. The highest BCUT2D eigenvalue weighted by atomic mass is 16.2. The third-order valence-electron chi connectivity index (χ3n) is 5.96. The number of aryl methyl sites for hydroxylation is 3. The zero-order valence-electron chi connectivity index (χ0n) is 19.3. The quantitative estimate of drug-likeness (QED) is 0.403. The van der Waals surface area contributed by atoms with E-state index in [1.165, 1.54) is 11.1 Å². The van der Waals surface area contributed by atoms with Crippen LogP contribution in [0.4, 0.5) is 10.5 Å². The Labute approximate surface area is 194 Å². The molecule has 0 atom stereocenters. The maximum atomic E-state index is 13.2. The summed E-state index contributed by atoms with van der Waals surface area (Å²) in [5, 5.41) is 3.93. The van der Waals surface area contributed by atoms with Gasteiger partial charge in [-0.05, 0) is 79.6 Å². The second kappa shape index (κ2) is 9.74. The van der Waals surface area contributed by atoms with Gasteiger partial charge in [-0.3, -0.25) is 4.79 Å². The number of carbonyl (C=O) groups is 1. The molecule has 3 aromatic carbocycles. The minimum absolute atomic E-state index is 0.168. The summed E-state index contributed by atoms with van der Waals surface area (Å²) in [7, 11) is 0. The van der Waals surface area contributed by atoms with Crippen molar-refractivity contribution in [3.63, 3.8) is 0 Å². The molecule has 0 saturated carbocycles. The van der Waals surface area contributed by atoms with Crippen LogP contribution in [-0.4, -0.2) is 22.5 Å². The summed E-state index contributed by atoms with van der Waals surface area (Å²) < 4.78 is 0. The number of H-pyrrole nitrogens is 1. The van der Waals surface area contributed by atoms with Gasteiger partial charge < -0.3 is 15.2 Å². The fraction of sp³-hybridized carbons (Fsp3) is 0.214. The first-order valence-electron chi connectivity index (χ1n) is 11.2. The molecule has 0 aliphatic heterocycles. The van der Waals surface area contributed by atoms with Crippen LogP contribution in [0.2, 0.25) is 0 Å². The molecule has 33 heavy (non-hydrogen) atoms. The first kappa shape index (κ1) is 22.3. The fourth-order valence-corrected chi connectivity index (χ4v) is 3.95. The molecule has 4 rings (SSSR count). The van der Waals surface area contributed by atoms with Crippen molar-refractivity contribution in [3.8, 4) is 0 Å². The Bertz CT molecular complexity index is 1340. The number of urea groups is 1. The van der Waals surface area contributed by atoms with Crippen LogP contribution >= 0.6 is 0 Å². The van der Waals surface area contributed by atoms with E-state index in [9.17, 15) is 9.59 Å². The lowest BCUT2D eigenvalue weighted by Crippen LogP contribution is -2.37. The molecule has 0 unspecified atom stereocenters. The lowest BCUT2D eigenvalue weighted by molar-refractivity contribution is 0.209. The van der Waals surface area contributed by atoms with E-state index in [0.29, 0.717) is 18.5 Å². The largest absolute Gasteiger partial charge is 0.322 e. The number of hydrogen-bond donors (Lipinski definition) is 2.